The van der Waals surface area contributed by atoms with Gasteiger partial charge in [0.25, 0.3) is 0 Å². The molecule has 0 amide bonds. The summed E-state index contributed by atoms with van der Waals surface area (Å²) < 4.78 is 6.52. The van der Waals surface area contributed by atoms with E-state index in [1.165, 1.54) is 66.4 Å². The van der Waals surface area contributed by atoms with Crippen molar-refractivity contribution in [3.8, 4) is 33.4 Å². The number of aryl methyl sites for hydroxylation is 2. The number of furan rings is 1. The van der Waals surface area contributed by atoms with Crippen LogP contribution in [-0.2, 0) is 5.41 Å². The second kappa shape index (κ2) is 11.8. The molecule has 0 spiro atoms. The summed E-state index contributed by atoms with van der Waals surface area (Å²) in [6, 6.07) is 59.9. The Hall–Kier alpha value is -6.38. The molecular weight excluding hydrogens is 643 g/mol. The van der Waals surface area contributed by atoms with Crippen LogP contribution in [0.2, 0.25) is 0 Å². The molecule has 2 nitrogen and oxygen atoms in total. The highest BCUT2D eigenvalue weighted by Crippen LogP contribution is 2.52. The van der Waals surface area contributed by atoms with Gasteiger partial charge in [-0.25, -0.2) is 0 Å². The lowest BCUT2D eigenvalue weighted by Crippen LogP contribution is -2.17. The molecule has 254 valence electrons. The molecule has 10 rings (SSSR count). The summed E-state index contributed by atoms with van der Waals surface area (Å²) in [4.78, 5) is 2.47. The van der Waals surface area contributed by atoms with Crippen LogP contribution >= 0.6 is 0 Å². The highest BCUT2D eigenvalue weighted by molar-refractivity contribution is 6.07. The van der Waals surface area contributed by atoms with Crippen LogP contribution in [0, 0.1) is 13.8 Å². The van der Waals surface area contributed by atoms with Crippen LogP contribution in [0.3, 0.4) is 0 Å². The third-order valence-electron chi connectivity index (χ3n) is 11.5. The van der Waals surface area contributed by atoms with Crippen molar-refractivity contribution in [2.75, 3.05) is 4.90 Å². The number of hydrogen-bond acceptors (Lipinski definition) is 2. The number of fused-ring (bicyclic) bond motifs is 7. The zero-order valence-electron chi connectivity index (χ0n) is 30.4. The van der Waals surface area contributed by atoms with E-state index in [1.807, 2.05) is 6.07 Å². The van der Waals surface area contributed by atoms with Crippen molar-refractivity contribution in [1.29, 1.82) is 0 Å². The molecule has 9 aromatic rings. The fourth-order valence-electron chi connectivity index (χ4n) is 8.88. The Morgan fingerprint density at radius 1 is 0.434 bits per heavy atom. The quantitative estimate of drug-likeness (QED) is 0.180. The Morgan fingerprint density at radius 2 is 1.08 bits per heavy atom. The molecule has 2 heteroatoms. The van der Waals surface area contributed by atoms with Crippen molar-refractivity contribution in [2.45, 2.75) is 33.1 Å². The van der Waals surface area contributed by atoms with Crippen LogP contribution in [0.1, 0.15) is 36.1 Å². The Morgan fingerprint density at radius 3 is 1.94 bits per heavy atom. The standard InChI is InChI=1S/C51H39NO/c1-32-14-5-7-17-38(32)45-29-35(40-21-13-16-34-15-6-8-18-39(34)40)28-33(2)50(45)52(37-25-27-44-43-20-10-12-23-48(43)53-49(44)31-37)36-24-26-42-41-19-9-11-22-46(41)51(3,4)47(42)30-36/h5-31H,1-4H3. The van der Waals surface area contributed by atoms with Gasteiger partial charge in [-0.2, -0.15) is 0 Å². The van der Waals surface area contributed by atoms with E-state index in [4.69, 9.17) is 4.42 Å². The van der Waals surface area contributed by atoms with Crippen LogP contribution in [0.15, 0.2) is 168 Å². The Balaban J connectivity index is 1.27. The summed E-state index contributed by atoms with van der Waals surface area (Å²) >= 11 is 0. The first-order chi connectivity index (χ1) is 25.9. The van der Waals surface area contributed by atoms with Gasteiger partial charge in [0.15, 0.2) is 0 Å². The first kappa shape index (κ1) is 31.4. The van der Waals surface area contributed by atoms with Gasteiger partial charge in [-0.05, 0) is 117 Å². The molecule has 53 heavy (non-hydrogen) atoms. The number of hydrogen-bond donors (Lipinski definition) is 0. The third kappa shape index (κ3) is 4.86. The average molecular weight is 682 g/mol. The lowest BCUT2D eigenvalue weighted by Gasteiger charge is -2.32. The third-order valence-corrected chi connectivity index (χ3v) is 11.5. The summed E-state index contributed by atoms with van der Waals surface area (Å²) in [5.41, 5.74) is 17.6. The highest BCUT2D eigenvalue weighted by Gasteiger charge is 2.36. The van der Waals surface area contributed by atoms with Crippen molar-refractivity contribution in [3.05, 3.63) is 186 Å². The smallest absolute Gasteiger partial charge is 0.137 e. The van der Waals surface area contributed by atoms with Crippen molar-refractivity contribution >= 4 is 49.8 Å². The molecule has 8 aromatic carbocycles. The molecule has 0 radical (unpaired) electrons. The fourth-order valence-corrected chi connectivity index (χ4v) is 8.88. The highest BCUT2D eigenvalue weighted by atomic mass is 16.3. The maximum atomic E-state index is 6.52. The van der Waals surface area contributed by atoms with Crippen LogP contribution in [0.4, 0.5) is 17.1 Å². The van der Waals surface area contributed by atoms with Gasteiger partial charge < -0.3 is 9.32 Å². The number of rotatable bonds is 5. The first-order valence-electron chi connectivity index (χ1n) is 18.5. The minimum atomic E-state index is -0.136. The molecule has 0 saturated heterocycles. The van der Waals surface area contributed by atoms with E-state index >= 15 is 0 Å². The molecule has 1 heterocycles. The van der Waals surface area contributed by atoms with E-state index in [0.29, 0.717) is 0 Å². The molecule has 1 aliphatic carbocycles. The second-order valence-electron chi connectivity index (χ2n) is 15.0. The molecule has 0 aliphatic heterocycles. The van der Waals surface area contributed by atoms with Crippen molar-refractivity contribution in [3.63, 3.8) is 0 Å². The van der Waals surface area contributed by atoms with E-state index < -0.39 is 0 Å². The van der Waals surface area contributed by atoms with Gasteiger partial charge in [-0.1, -0.05) is 129 Å². The van der Waals surface area contributed by atoms with Gasteiger partial charge in [0.2, 0.25) is 0 Å². The lowest BCUT2D eigenvalue weighted by atomic mass is 9.82. The van der Waals surface area contributed by atoms with E-state index in [1.54, 1.807) is 0 Å². The molecule has 0 N–H and O–H groups in total. The zero-order valence-corrected chi connectivity index (χ0v) is 30.4. The minimum Gasteiger partial charge on any atom is -0.456 e. The summed E-state index contributed by atoms with van der Waals surface area (Å²) in [5.74, 6) is 0. The normalized spacial score (nSPS) is 13.1. The molecule has 1 aromatic heterocycles. The predicted octanol–water partition coefficient (Wildman–Crippen LogP) is 14.5. The van der Waals surface area contributed by atoms with Crippen LogP contribution < -0.4 is 4.90 Å². The molecule has 0 saturated carbocycles. The number of benzene rings is 8. The first-order valence-corrected chi connectivity index (χ1v) is 18.5. The minimum absolute atomic E-state index is 0.136. The van der Waals surface area contributed by atoms with E-state index in [-0.39, 0.29) is 5.41 Å². The van der Waals surface area contributed by atoms with E-state index in [9.17, 15) is 0 Å². The van der Waals surface area contributed by atoms with Gasteiger partial charge in [-0.15, -0.1) is 0 Å². The summed E-state index contributed by atoms with van der Waals surface area (Å²) in [7, 11) is 0. The Kier molecular flexibility index (Phi) is 7.00. The largest absolute Gasteiger partial charge is 0.456 e. The summed E-state index contributed by atoms with van der Waals surface area (Å²) in [5, 5.41) is 4.75. The number of nitrogens with zero attached hydrogens (tertiary/aromatic N) is 1. The number of para-hydroxylation sites is 1. The van der Waals surface area contributed by atoms with Gasteiger partial charge in [0, 0.05) is 39.2 Å². The van der Waals surface area contributed by atoms with E-state index in [2.05, 4.69) is 190 Å². The molecule has 0 fully saturated rings. The maximum Gasteiger partial charge on any atom is 0.137 e. The Bertz CT molecular complexity index is 2900. The summed E-state index contributed by atoms with van der Waals surface area (Å²) in [6.07, 6.45) is 0. The average Bonchev–Trinajstić information content (AvgIpc) is 3.67. The fraction of sp³-hybridized carbons (Fsp3) is 0.0980. The predicted molar refractivity (Wildman–Crippen MR) is 224 cm³/mol. The topological polar surface area (TPSA) is 16.4 Å². The SMILES string of the molecule is Cc1ccccc1-c1cc(-c2cccc3ccccc23)cc(C)c1N(c1ccc2c(c1)C(C)(C)c1ccccc1-2)c1ccc2c(c1)oc1ccccc12. The molecule has 0 bridgehead atoms. The molecule has 1 aliphatic rings. The van der Waals surface area contributed by atoms with Gasteiger partial charge in [-0.3, -0.25) is 0 Å². The van der Waals surface area contributed by atoms with Crippen molar-refractivity contribution < 1.29 is 4.42 Å². The van der Waals surface area contributed by atoms with Crippen LogP contribution in [0.25, 0.3) is 66.1 Å². The van der Waals surface area contributed by atoms with Gasteiger partial charge in [0.05, 0.1) is 5.69 Å². The molecular formula is C51H39NO. The van der Waals surface area contributed by atoms with E-state index in [0.717, 1.165) is 39.0 Å². The van der Waals surface area contributed by atoms with Gasteiger partial charge >= 0.3 is 0 Å². The second-order valence-corrected chi connectivity index (χ2v) is 15.0. The zero-order chi connectivity index (χ0) is 35.8. The van der Waals surface area contributed by atoms with Crippen molar-refractivity contribution in [1.82, 2.24) is 0 Å². The lowest BCUT2D eigenvalue weighted by molar-refractivity contribution is 0.660. The van der Waals surface area contributed by atoms with Crippen LogP contribution in [0.5, 0.6) is 0 Å². The monoisotopic (exact) mass is 681 g/mol. The van der Waals surface area contributed by atoms with Crippen LogP contribution in [-0.4, -0.2) is 0 Å². The Labute approximate surface area is 310 Å². The number of anilines is 3. The van der Waals surface area contributed by atoms with Gasteiger partial charge in [0.1, 0.15) is 11.2 Å². The molecule has 0 atom stereocenters. The maximum absolute atomic E-state index is 6.52. The van der Waals surface area contributed by atoms with Crippen molar-refractivity contribution in [2.24, 2.45) is 0 Å². The molecule has 0 unspecified atom stereocenters. The summed E-state index contributed by atoms with van der Waals surface area (Å²) in [6.45, 7) is 9.20.